The van der Waals surface area contributed by atoms with Crippen molar-refractivity contribution < 1.29 is 24.2 Å². The van der Waals surface area contributed by atoms with Crippen molar-refractivity contribution in [3.05, 3.63) is 83.7 Å². The van der Waals surface area contributed by atoms with E-state index in [4.69, 9.17) is 9.84 Å². The number of carbonyl (C=O) groups excluding carboxylic acids is 2. The zero-order valence-corrected chi connectivity index (χ0v) is 17.3. The van der Waals surface area contributed by atoms with E-state index in [1.54, 1.807) is 6.07 Å². The van der Waals surface area contributed by atoms with E-state index >= 15 is 0 Å². The summed E-state index contributed by atoms with van der Waals surface area (Å²) in [5.74, 6) is -1.87. The van der Waals surface area contributed by atoms with Crippen molar-refractivity contribution in [1.82, 2.24) is 9.88 Å². The number of likely N-dealkylation sites (N-methyl/N-ethyl adjacent to an activating group) is 1. The van der Waals surface area contributed by atoms with E-state index in [1.165, 1.54) is 19.3 Å². The van der Waals surface area contributed by atoms with Crippen molar-refractivity contribution in [2.45, 2.75) is 5.92 Å². The van der Waals surface area contributed by atoms with E-state index in [0.29, 0.717) is 0 Å². The third-order valence-electron chi connectivity index (χ3n) is 5.31. The van der Waals surface area contributed by atoms with Crippen LogP contribution in [-0.4, -0.2) is 53.2 Å². The van der Waals surface area contributed by atoms with Gasteiger partial charge in [-0.3, -0.25) is 14.9 Å². The standard InChI is InChI=1S/C24H21N3O5/c1-27(13-21(28)29)23(30)22-20(11-6-12-25-22)26-24(31)32-14-19-17-9-4-2-7-15(17)16-8-3-5-10-18(16)19/h2-12,19H,13-14H2,1H3,(H,26,31)(H,28,29). The summed E-state index contributed by atoms with van der Waals surface area (Å²) in [6.45, 7) is -0.359. The Kier molecular flexibility index (Phi) is 5.85. The fourth-order valence-electron chi connectivity index (χ4n) is 3.88. The highest BCUT2D eigenvalue weighted by atomic mass is 16.5. The lowest BCUT2D eigenvalue weighted by Gasteiger charge is -2.17. The number of pyridine rings is 1. The molecule has 0 atom stereocenters. The number of aliphatic carboxylic acids is 1. The third-order valence-corrected chi connectivity index (χ3v) is 5.31. The molecule has 0 unspecified atom stereocenters. The number of anilines is 1. The maximum atomic E-state index is 12.5. The first-order valence-electron chi connectivity index (χ1n) is 10.00. The van der Waals surface area contributed by atoms with Gasteiger partial charge in [0, 0.05) is 19.2 Å². The zero-order chi connectivity index (χ0) is 22.7. The van der Waals surface area contributed by atoms with E-state index < -0.39 is 24.5 Å². The zero-order valence-electron chi connectivity index (χ0n) is 17.3. The van der Waals surface area contributed by atoms with E-state index in [1.807, 2.05) is 36.4 Å². The van der Waals surface area contributed by atoms with Gasteiger partial charge < -0.3 is 14.7 Å². The first-order chi connectivity index (χ1) is 15.5. The van der Waals surface area contributed by atoms with Gasteiger partial charge >= 0.3 is 12.1 Å². The molecule has 0 aliphatic heterocycles. The van der Waals surface area contributed by atoms with E-state index in [-0.39, 0.29) is 23.9 Å². The van der Waals surface area contributed by atoms with Gasteiger partial charge in [-0.1, -0.05) is 48.5 Å². The van der Waals surface area contributed by atoms with Gasteiger partial charge in [-0.2, -0.15) is 0 Å². The van der Waals surface area contributed by atoms with E-state index in [9.17, 15) is 14.4 Å². The number of hydrogen-bond donors (Lipinski definition) is 2. The average molecular weight is 431 g/mol. The van der Waals surface area contributed by atoms with Crippen molar-refractivity contribution in [3.63, 3.8) is 0 Å². The molecule has 1 aliphatic rings. The van der Waals surface area contributed by atoms with Crippen LogP contribution in [0.2, 0.25) is 0 Å². The van der Waals surface area contributed by atoms with Crippen LogP contribution in [0, 0.1) is 0 Å². The summed E-state index contributed by atoms with van der Waals surface area (Å²) in [6.07, 6.45) is 0.667. The lowest BCUT2D eigenvalue weighted by atomic mass is 9.98. The summed E-state index contributed by atoms with van der Waals surface area (Å²) in [6, 6.07) is 19.1. The highest BCUT2D eigenvalue weighted by molar-refractivity contribution is 6.01. The first kappa shape index (κ1) is 21.0. The number of rotatable bonds is 6. The Morgan fingerprint density at radius 1 is 1.00 bits per heavy atom. The quantitative estimate of drug-likeness (QED) is 0.617. The van der Waals surface area contributed by atoms with Crippen LogP contribution in [-0.2, 0) is 9.53 Å². The van der Waals surface area contributed by atoms with Gasteiger partial charge in [-0.25, -0.2) is 9.78 Å². The Bertz CT molecular complexity index is 1150. The second kappa shape index (κ2) is 8.89. The smallest absolute Gasteiger partial charge is 0.411 e. The van der Waals surface area contributed by atoms with Crippen LogP contribution in [0.4, 0.5) is 10.5 Å². The molecule has 0 fully saturated rings. The molecule has 2 aromatic carbocycles. The fraction of sp³-hybridized carbons (Fsp3) is 0.167. The monoisotopic (exact) mass is 431 g/mol. The molecule has 0 saturated heterocycles. The van der Waals surface area contributed by atoms with Crippen LogP contribution in [0.5, 0.6) is 0 Å². The number of nitrogens with zero attached hydrogens (tertiary/aromatic N) is 2. The summed E-state index contributed by atoms with van der Waals surface area (Å²) in [4.78, 5) is 41.0. The molecule has 4 rings (SSSR count). The van der Waals surface area contributed by atoms with Crippen LogP contribution in [0.3, 0.4) is 0 Å². The molecule has 8 nitrogen and oxygen atoms in total. The Morgan fingerprint density at radius 3 is 2.25 bits per heavy atom. The van der Waals surface area contributed by atoms with Crippen LogP contribution in [0.25, 0.3) is 11.1 Å². The predicted molar refractivity (Wildman–Crippen MR) is 118 cm³/mol. The second-order valence-electron chi connectivity index (χ2n) is 7.41. The maximum absolute atomic E-state index is 12.5. The second-order valence-corrected chi connectivity index (χ2v) is 7.41. The molecule has 1 heterocycles. The number of hydrogen-bond acceptors (Lipinski definition) is 5. The van der Waals surface area contributed by atoms with Crippen molar-refractivity contribution in [2.24, 2.45) is 0 Å². The number of carboxylic acid groups (broad SMARTS) is 1. The minimum Gasteiger partial charge on any atom is -0.480 e. The normalized spacial score (nSPS) is 11.9. The van der Waals surface area contributed by atoms with Gasteiger partial charge in [0.05, 0.1) is 5.69 Å². The molecule has 2 N–H and O–H groups in total. The number of amides is 2. The third kappa shape index (κ3) is 4.15. The molecule has 1 aliphatic carbocycles. The van der Waals surface area contributed by atoms with Crippen molar-refractivity contribution in [3.8, 4) is 11.1 Å². The maximum Gasteiger partial charge on any atom is 0.411 e. The molecular weight excluding hydrogens is 410 g/mol. The SMILES string of the molecule is CN(CC(=O)O)C(=O)c1ncccc1NC(=O)OCC1c2ccccc2-c2ccccc21. The molecule has 3 aromatic rings. The van der Waals surface area contributed by atoms with Crippen LogP contribution in [0.1, 0.15) is 27.5 Å². The fourth-order valence-corrected chi connectivity index (χ4v) is 3.88. The molecule has 32 heavy (non-hydrogen) atoms. The minimum absolute atomic E-state index is 0.0650. The van der Waals surface area contributed by atoms with E-state index in [0.717, 1.165) is 27.2 Å². The number of nitrogens with one attached hydrogen (secondary N) is 1. The summed E-state index contributed by atoms with van der Waals surface area (Å²) < 4.78 is 5.51. The van der Waals surface area contributed by atoms with Gasteiger partial charge in [0.2, 0.25) is 0 Å². The molecule has 0 radical (unpaired) electrons. The Labute approximate surface area is 184 Å². The summed E-state index contributed by atoms with van der Waals surface area (Å²) in [5, 5.41) is 11.5. The lowest BCUT2D eigenvalue weighted by Crippen LogP contribution is -2.33. The highest BCUT2D eigenvalue weighted by Gasteiger charge is 2.29. The number of ether oxygens (including phenoxy) is 1. The first-order valence-corrected chi connectivity index (χ1v) is 10.00. The number of carbonyl (C=O) groups is 3. The van der Waals surface area contributed by atoms with Crippen molar-refractivity contribution >= 4 is 23.7 Å². The van der Waals surface area contributed by atoms with Crippen molar-refractivity contribution in [1.29, 1.82) is 0 Å². The highest BCUT2D eigenvalue weighted by Crippen LogP contribution is 2.44. The Balaban J connectivity index is 1.47. The number of carboxylic acids is 1. The summed E-state index contributed by atoms with van der Waals surface area (Å²) in [5.41, 5.74) is 4.51. The van der Waals surface area contributed by atoms with E-state index in [2.05, 4.69) is 22.4 Å². The number of aromatic nitrogens is 1. The molecule has 1 aromatic heterocycles. The van der Waals surface area contributed by atoms with Crippen molar-refractivity contribution in [2.75, 3.05) is 25.5 Å². The lowest BCUT2D eigenvalue weighted by molar-refractivity contribution is -0.137. The molecular formula is C24H21N3O5. The van der Waals surface area contributed by atoms with Gasteiger partial charge in [0.1, 0.15) is 13.2 Å². The molecule has 162 valence electrons. The van der Waals surface area contributed by atoms with Gasteiger partial charge in [0.15, 0.2) is 5.69 Å². The number of benzene rings is 2. The summed E-state index contributed by atoms with van der Waals surface area (Å²) in [7, 11) is 1.35. The van der Waals surface area contributed by atoms with Crippen LogP contribution in [0.15, 0.2) is 66.9 Å². The van der Waals surface area contributed by atoms with Gasteiger partial charge in [-0.05, 0) is 34.4 Å². The van der Waals surface area contributed by atoms with Crippen LogP contribution < -0.4 is 5.32 Å². The minimum atomic E-state index is -1.15. The predicted octanol–water partition coefficient (Wildman–Crippen LogP) is 3.60. The largest absolute Gasteiger partial charge is 0.480 e. The molecule has 8 heteroatoms. The number of fused-ring (bicyclic) bond motifs is 3. The van der Waals surface area contributed by atoms with Gasteiger partial charge in [-0.15, -0.1) is 0 Å². The molecule has 0 spiro atoms. The Morgan fingerprint density at radius 2 is 1.62 bits per heavy atom. The average Bonchev–Trinajstić information content (AvgIpc) is 3.11. The van der Waals surface area contributed by atoms with Crippen LogP contribution >= 0.6 is 0 Å². The molecule has 0 saturated carbocycles. The van der Waals surface area contributed by atoms with Gasteiger partial charge in [0.25, 0.3) is 5.91 Å². The Hall–Kier alpha value is -4.20. The molecule has 0 bridgehead atoms. The summed E-state index contributed by atoms with van der Waals surface area (Å²) >= 11 is 0. The molecule has 2 amide bonds. The topological polar surface area (TPSA) is 109 Å².